The van der Waals surface area contributed by atoms with Gasteiger partial charge in [0.15, 0.2) is 0 Å². The van der Waals surface area contributed by atoms with E-state index in [9.17, 15) is 0 Å². The van der Waals surface area contributed by atoms with Gasteiger partial charge >= 0.3 is 0 Å². The van der Waals surface area contributed by atoms with Crippen LogP contribution in [0.15, 0.2) is 85.0 Å². The van der Waals surface area contributed by atoms with E-state index in [1.165, 1.54) is 38.2 Å². The summed E-state index contributed by atoms with van der Waals surface area (Å²) in [6.45, 7) is 12.1. The van der Waals surface area contributed by atoms with Crippen molar-refractivity contribution in [1.29, 1.82) is 0 Å². The first-order valence-corrected chi connectivity index (χ1v) is 14.8. The maximum absolute atomic E-state index is 6.69. The second-order valence-corrected chi connectivity index (χ2v) is 13.1. The van der Waals surface area contributed by atoms with Crippen molar-refractivity contribution in [1.82, 2.24) is 0 Å². The van der Waals surface area contributed by atoms with Gasteiger partial charge in [0.2, 0.25) is 0 Å². The fourth-order valence-electron chi connectivity index (χ4n) is 4.47. The van der Waals surface area contributed by atoms with Crippen LogP contribution in [-0.4, -0.2) is 6.61 Å². The Labute approximate surface area is 215 Å². The number of allylic oxidation sites excluding steroid dienone is 3. The Morgan fingerprint density at radius 3 is 2.46 bits per heavy atom. The van der Waals surface area contributed by atoms with E-state index in [0.717, 1.165) is 33.5 Å². The predicted molar refractivity (Wildman–Crippen MR) is 159 cm³/mol. The second kappa shape index (κ2) is 11.7. The lowest BCUT2D eigenvalue weighted by molar-refractivity contribution is 0.271. The summed E-state index contributed by atoms with van der Waals surface area (Å²) in [7, 11) is 1.36. The summed E-state index contributed by atoms with van der Waals surface area (Å²) < 4.78 is 6.69. The van der Waals surface area contributed by atoms with Crippen molar-refractivity contribution in [3.63, 3.8) is 0 Å². The van der Waals surface area contributed by atoms with Crippen LogP contribution in [0.4, 0.5) is 0 Å². The van der Waals surface area contributed by atoms with E-state index in [4.69, 9.17) is 4.74 Å². The zero-order valence-corrected chi connectivity index (χ0v) is 23.7. The third kappa shape index (κ3) is 6.94. The number of hydrogen-bond donors (Lipinski definition) is 0. The minimum atomic E-state index is 0.0200. The maximum atomic E-state index is 6.69. The highest BCUT2D eigenvalue weighted by atomic mass is 31.1. The summed E-state index contributed by atoms with van der Waals surface area (Å²) in [5, 5.41) is 4.24. The molecule has 3 unspecified atom stereocenters. The topological polar surface area (TPSA) is 9.23 Å². The fraction of sp³-hybridized carbons (Fsp3) is 0.312. The van der Waals surface area contributed by atoms with Gasteiger partial charge in [-0.2, -0.15) is 0 Å². The van der Waals surface area contributed by atoms with Crippen LogP contribution in [0.25, 0.3) is 0 Å². The Morgan fingerprint density at radius 2 is 1.74 bits per heavy atom. The van der Waals surface area contributed by atoms with E-state index in [2.05, 4.69) is 120 Å². The van der Waals surface area contributed by atoms with Gasteiger partial charge in [0.05, 0.1) is 6.61 Å². The van der Waals surface area contributed by atoms with Gasteiger partial charge in [-0.15, -0.1) is 0 Å². The predicted octanol–water partition coefficient (Wildman–Crippen LogP) is 7.25. The molecule has 0 fully saturated rings. The van der Waals surface area contributed by atoms with Crippen LogP contribution < -0.4 is 20.7 Å². The first kappa shape index (κ1) is 25.9. The zero-order chi connectivity index (χ0) is 24.8. The lowest BCUT2D eigenvalue weighted by atomic mass is 9.85. The first-order chi connectivity index (χ1) is 16.8. The van der Waals surface area contributed by atoms with Gasteiger partial charge in [0.25, 0.3) is 0 Å². The molecule has 0 amide bonds. The number of hydrogen-bond acceptors (Lipinski definition) is 1. The maximum Gasteiger partial charge on any atom is 0.130 e. The molecule has 0 bridgehead atoms. The number of aryl methyl sites for hydroxylation is 2. The highest BCUT2D eigenvalue weighted by molar-refractivity contribution is 7.56. The van der Waals surface area contributed by atoms with Crippen molar-refractivity contribution in [2.75, 3.05) is 6.61 Å². The Balaban J connectivity index is 1.67. The van der Waals surface area contributed by atoms with Gasteiger partial charge in [-0.25, -0.2) is 0 Å². The smallest absolute Gasteiger partial charge is 0.130 e. The number of benzene rings is 3. The van der Waals surface area contributed by atoms with Crippen molar-refractivity contribution < 1.29 is 4.74 Å². The van der Waals surface area contributed by atoms with E-state index in [0.29, 0.717) is 14.5 Å². The SMILES string of the molecule is Cc1cc(Pc2c(C)cccc2CPc2ccccc2)c(OCC2C=CC=CC2)c(C(C)(C)C)c1. The molecule has 0 N–H and O–H groups in total. The van der Waals surface area contributed by atoms with Crippen molar-refractivity contribution in [2.45, 2.75) is 52.6 Å². The summed E-state index contributed by atoms with van der Waals surface area (Å²) >= 11 is 0. The van der Waals surface area contributed by atoms with E-state index in [1.54, 1.807) is 0 Å². The molecule has 3 heteroatoms. The molecule has 35 heavy (non-hydrogen) atoms. The Kier molecular flexibility index (Phi) is 8.64. The summed E-state index contributed by atoms with van der Waals surface area (Å²) in [6.07, 6.45) is 10.9. The van der Waals surface area contributed by atoms with Crippen molar-refractivity contribution >= 4 is 33.1 Å². The quantitative estimate of drug-likeness (QED) is 0.296. The molecular weight excluding hydrogens is 462 g/mol. The summed E-state index contributed by atoms with van der Waals surface area (Å²) in [4.78, 5) is 0. The molecule has 0 saturated carbocycles. The van der Waals surface area contributed by atoms with Crippen LogP contribution >= 0.6 is 17.2 Å². The summed E-state index contributed by atoms with van der Waals surface area (Å²) in [5.41, 5.74) is 5.49. The molecule has 3 atom stereocenters. The number of rotatable bonds is 8. The molecule has 3 aromatic carbocycles. The molecule has 1 nitrogen and oxygen atoms in total. The average Bonchev–Trinajstić information content (AvgIpc) is 2.84. The van der Waals surface area contributed by atoms with Gasteiger partial charge in [0, 0.05) is 16.8 Å². The third-order valence-corrected chi connectivity index (χ3v) is 9.33. The molecule has 0 aromatic heterocycles. The average molecular weight is 501 g/mol. The highest BCUT2D eigenvalue weighted by Crippen LogP contribution is 2.36. The highest BCUT2D eigenvalue weighted by Gasteiger charge is 2.24. The lowest BCUT2D eigenvalue weighted by Crippen LogP contribution is -2.22. The summed E-state index contributed by atoms with van der Waals surface area (Å²) in [5.74, 6) is 1.54. The minimum Gasteiger partial charge on any atom is -0.492 e. The zero-order valence-electron chi connectivity index (χ0n) is 21.7. The van der Waals surface area contributed by atoms with Gasteiger partial charge in [-0.1, -0.05) is 117 Å². The van der Waals surface area contributed by atoms with Crippen LogP contribution in [0.2, 0.25) is 0 Å². The minimum absolute atomic E-state index is 0.0200. The molecule has 1 aliphatic rings. The molecule has 0 heterocycles. The van der Waals surface area contributed by atoms with Crippen LogP contribution in [-0.2, 0) is 11.6 Å². The van der Waals surface area contributed by atoms with E-state index >= 15 is 0 Å². The molecule has 0 spiro atoms. The third-order valence-electron chi connectivity index (χ3n) is 6.43. The largest absolute Gasteiger partial charge is 0.492 e. The standard InChI is InChI=1S/C32H38OP2/c1-23-19-28(32(3,4)5)30(33-21-25-14-8-6-9-15-25)29(20-23)35-31-24(2)13-12-16-26(31)22-34-27-17-10-7-11-18-27/h6-14,16-20,25,34-35H,15,21-22H2,1-5H3. The summed E-state index contributed by atoms with van der Waals surface area (Å²) in [6, 6.07) is 22.4. The van der Waals surface area contributed by atoms with Gasteiger partial charge < -0.3 is 4.74 Å². The number of ether oxygens (including phenoxy) is 1. The fourth-order valence-corrected chi connectivity index (χ4v) is 7.26. The van der Waals surface area contributed by atoms with Crippen molar-refractivity contribution in [2.24, 2.45) is 5.92 Å². The second-order valence-electron chi connectivity index (χ2n) is 10.5. The molecule has 0 radical (unpaired) electrons. The van der Waals surface area contributed by atoms with E-state index in [-0.39, 0.29) is 5.41 Å². The Hall–Kier alpha value is -2.20. The Morgan fingerprint density at radius 1 is 0.943 bits per heavy atom. The molecule has 3 aromatic rings. The normalized spacial score (nSPS) is 16.1. The van der Waals surface area contributed by atoms with Crippen LogP contribution in [0, 0.1) is 19.8 Å². The first-order valence-electron chi connectivity index (χ1n) is 12.6. The molecule has 1 aliphatic carbocycles. The van der Waals surface area contributed by atoms with Crippen LogP contribution in [0.1, 0.15) is 49.4 Å². The molecule has 182 valence electrons. The monoisotopic (exact) mass is 500 g/mol. The van der Waals surface area contributed by atoms with Crippen LogP contribution in [0.5, 0.6) is 5.75 Å². The molecule has 0 saturated heterocycles. The molecule has 0 aliphatic heterocycles. The molecular formula is C32H38OP2. The van der Waals surface area contributed by atoms with Crippen LogP contribution in [0.3, 0.4) is 0 Å². The van der Waals surface area contributed by atoms with Gasteiger partial charge in [-0.3, -0.25) is 0 Å². The van der Waals surface area contributed by atoms with Gasteiger partial charge in [0.1, 0.15) is 5.75 Å². The molecule has 4 rings (SSSR count). The van der Waals surface area contributed by atoms with Crippen molar-refractivity contribution in [3.05, 3.63) is 107 Å². The van der Waals surface area contributed by atoms with E-state index in [1.807, 2.05) is 0 Å². The Bertz CT molecular complexity index is 1200. The van der Waals surface area contributed by atoms with Crippen molar-refractivity contribution in [3.8, 4) is 5.75 Å². The van der Waals surface area contributed by atoms with E-state index < -0.39 is 0 Å². The van der Waals surface area contributed by atoms with Gasteiger partial charge in [-0.05, 0) is 65.2 Å². The lowest BCUT2D eigenvalue weighted by Gasteiger charge is -2.27.